The molecular formula is C16H23ClN2O. The molecule has 2 N–H and O–H groups in total. The van der Waals surface area contributed by atoms with Crippen LogP contribution in [0.15, 0.2) is 24.3 Å². The lowest BCUT2D eigenvalue weighted by Gasteiger charge is -2.33. The van der Waals surface area contributed by atoms with E-state index in [1.54, 1.807) is 6.07 Å². The summed E-state index contributed by atoms with van der Waals surface area (Å²) in [4.78, 5) is 11.9. The van der Waals surface area contributed by atoms with E-state index in [0.29, 0.717) is 22.7 Å². The van der Waals surface area contributed by atoms with Gasteiger partial charge in [-0.2, -0.15) is 0 Å². The van der Waals surface area contributed by atoms with Crippen molar-refractivity contribution in [3.63, 3.8) is 0 Å². The number of hydrogen-bond donors (Lipinski definition) is 2. The van der Waals surface area contributed by atoms with Crippen LogP contribution in [-0.4, -0.2) is 19.0 Å². The summed E-state index contributed by atoms with van der Waals surface area (Å²) in [7, 11) is 0. The molecule has 3 nitrogen and oxygen atoms in total. The van der Waals surface area contributed by atoms with Crippen LogP contribution in [0.1, 0.15) is 39.0 Å². The van der Waals surface area contributed by atoms with Gasteiger partial charge in [-0.25, -0.2) is 0 Å². The zero-order chi connectivity index (χ0) is 14.4. The molecule has 1 aliphatic carbocycles. The lowest BCUT2D eigenvalue weighted by molar-refractivity contribution is -0.115. The van der Waals surface area contributed by atoms with E-state index in [0.717, 1.165) is 6.54 Å². The van der Waals surface area contributed by atoms with Gasteiger partial charge >= 0.3 is 0 Å². The number of hydrogen-bond acceptors (Lipinski definition) is 2. The molecule has 0 saturated heterocycles. The van der Waals surface area contributed by atoms with E-state index in [4.69, 9.17) is 11.6 Å². The third kappa shape index (κ3) is 4.50. The molecule has 110 valence electrons. The predicted octanol–water partition coefficient (Wildman–Crippen LogP) is 3.84. The Bertz CT molecular complexity index is 456. The summed E-state index contributed by atoms with van der Waals surface area (Å²) in [5.74, 6) is -0.0440. The van der Waals surface area contributed by atoms with Gasteiger partial charge in [0.15, 0.2) is 0 Å². The predicted molar refractivity (Wildman–Crippen MR) is 84.1 cm³/mol. The van der Waals surface area contributed by atoms with Gasteiger partial charge in [-0.1, -0.05) is 49.9 Å². The molecule has 20 heavy (non-hydrogen) atoms. The molecule has 0 bridgehead atoms. The molecule has 1 aromatic rings. The summed E-state index contributed by atoms with van der Waals surface area (Å²) in [6.07, 6.45) is 6.48. The second-order valence-corrected chi connectivity index (χ2v) is 6.41. The Balaban J connectivity index is 1.74. The molecule has 0 unspecified atom stereocenters. The highest BCUT2D eigenvalue weighted by Crippen LogP contribution is 2.34. The van der Waals surface area contributed by atoms with Gasteiger partial charge in [-0.3, -0.25) is 4.79 Å². The third-order valence-corrected chi connectivity index (χ3v) is 4.38. The third-order valence-electron chi connectivity index (χ3n) is 4.05. The van der Waals surface area contributed by atoms with Crippen LogP contribution in [0.5, 0.6) is 0 Å². The number of carbonyl (C=O) groups excluding carboxylic acids is 1. The normalized spacial score (nSPS) is 17.7. The molecule has 0 aromatic heterocycles. The molecule has 2 rings (SSSR count). The molecule has 1 saturated carbocycles. The monoisotopic (exact) mass is 294 g/mol. The van der Waals surface area contributed by atoms with Crippen LogP contribution >= 0.6 is 11.6 Å². The number of rotatable bonds is 5. The summed E-state index contributed by atoms with van der Waals surface area (Å²) in [6.45, 7) is 3.55. The SMILES string of the molecule is CC1(CNCC(=O)Nc2ccccc2Cl)CCCCC1. The van der Waals surface area contributed by atoms with E-state index >= 15 is 0 Å². The number of halogens is 1. The van der Waals surface area contributed by atoms with Crippen molar-refractivity contribution < 1.29 is 4.79 Å². The van der Waals surface area contributed by atoms with Gasteiger partial charge in [0.2, 0.25) is 5.91 Å². The van der Waals surface area contributed by atoms with E-state index in [9.17, 15) is 4.79 Å². The number of amides is 1. The van der Waals surface area contributed by atoms with Crippen molar-refractivity contribution in [1.29, 1.82) is 0 Å². The lowest BCUT2D eigenvalue weighted by atomic mass is 9.76. The Morgan fingerprint density at radius 1 is 1.25 bits per heavy atom. The standard InChI is InChI=1S/C16H23ClN2O/c1-16(9-5-2-6-10-16)12-18-11-15(20)19-14-8-4-3-7-13(14)17/h3-4,7-8,18H,2,5-6,9-12H2,1H3,(H,19,20). The average Bonchev–Trinajstić information content (AvgIpc) is 2.42. The van der Waals surface area contributed by atoms with Gasteiger partial charge in [0.1, 0.15) is 0 Å². The summed E-state index contributed by atoms with van der Waals surface area (Å²) in [6, 6.07) is 7.29. The van der Waals surface area contributed by atoms with Crippen molar-refractivity contribution in [3.8, 4) is 0 Å². The number of anilines is 1. The van der Waals surface area contributed by atoms with Gasteiger partial charge in [0.25, 0.3) is 0 Å². The molecule has 1 fully saturated rings. The minimum atomic E-state index is -0.0440. The fourth-order valence-corrected chi connectivity index (χ4v) is 3.00. The minimum absolute atomic E-state index is 0.0440. The highest BCUT2D eigenvalue weighted by Gasteiger charge is 2.26. The summed E-state index contributed by atoms with van der Waals surface area (Å²) in [5, 5.41) is 6.68. The topological polar surface area (TPSA) is 41.1 Å². The van der Waals surface area contributed by atoms with E-state index < -0.39 is 0 Å². The lowest BCUT2D eigenvalue weighted by Crippen LogP contribution is -2.37. The fourth-order valence-electron chi connectivity index (χ4n) is 2.82. The summed E-state index contributed by atoms with van der Waals surface area (Å²) < 4.78 is 0. The van der Waals surface area contributed by atoms with Gasteiger partial charge in [0, 0.05) is 6.54 Å². The minimum Gasteiger partial charge on any atom is -0.324 e. The van der Waals surface area contributed by atoms with Crippen LogP contribution in [0.3, 0.4) is 0 Å². The maximum absolute atomic E-state index is 11.9. The Labute approximate surface area is 126 Å². The zero-order valence-corrected chi connectivity index (χ0v) is 12.8. The molecule has 1 aromatic carbocycles. The first-order valence-electron chi connectivity index (χ1n) is 7.34. The van der Waals surface area contributed by atoms with Crippen LogP contribution in [0.25, 0.3) is 0 Å². The Morgan fingerprint density at radius 3 is 2.65 bits per heavy atom. The smallest absolute Gasteiger partial charge is 0.238 e. The second-order valence-electron chi connectivity index (χ2n) is 6.00. The molecule has 0 heterocycles. The fraction of sp³-hybridized carbons (Fsp3) is 0.562. The largest absolute Gasteiger partial charge is 0.324 e. The van der Waals surface area contributed by atoms with Crippen molar-refractivity contribution >= 4 is 23.2 Å². The average molecular weight is 295 g/mol. The highest BCUT2D eigenvalue weighted by molar-refractivity contribution is 6.33. The Kier molecular flexibility index (Phi) is 5.44. The molecule has 4 heteroatoms. The van der Waals surface area contributed by atoms with Crippen molar-refractivity contribution in [3.05, 3.63) is 29.3 Å². The molecule has 1 amide bonds. The van der Waals surface area contributed by atoms with Crippen LogP contribution in [0.4, 0.5) is 5.69 Å². The zero-order valence-electron chi connectivity index (χ0n) is 12.0. The van der Waals surface area contributed by atoms with Crippen LogP contribution in [-0.2, 0) is 4.79 Å². The Hall–Kier alpha value is -1.06. The maximum atomic E-state index is 11.9. The van der Waals surface area contributed by atoms with Crippen molar-refractivity contribution in [2.45, 2.75) is 39.0 Å². The number of nitrogens with one attached hydrogen (secondary N) is 2. The van der Waals surface area contributed by atoms with E-state index in [1.807, 2.05) is 18.2 Å². The van der Waals surface area contributed by atoms with Crippen molar-refractivity contribution in [2.24, 2.45) is 5.41 Å². The van der Waals surface area contributed by atoms with Crippen molar-refractivity contribution in [1.82, 2.24) is 5.32 Å². The first-order chi connectivity index (χ1) is 9.59. The maximum Gasteiger partial charge on any atom is 0.238 e. The molecule has 0 spiro atoms. The van der Waals surface area contributed by atoms with Gasteiger partial charge in [-0.05, 0) is 30.4 Å². The molecule has 1 aliphatic rings. The van der Waals surface area contributed by atoms with E-state index in [2.05, 4.69) is 17.6 Å². The van der Waals surface area contributed by atoms with Crippen LogP contribution in [0.2, 0.25) is 5.02 Å². The van der Waals surface area contributed by atoms with Crippen LogP contribution in [0, 0.1) is 5.41 Å². The molecule has 0 atom stereocenters. The molecule has 0 aliphatic heterocycles. The summed E-state index contributed by atoms with van der Waals surface area (Å²) in [5.41, 5.74) is 1.02. The number of benzene rings is 1. The number of carbonyl (C=O) groups is 1. The first kappa shape index (κ1) is 15.3. The Morgan fingerprint density at radius 2 is 1.95 bits per heavy atom. The van der Waals surface area contributed by atoms with Crippen LogP contribution < -0.4 is 10.6 Å². The van der Waals surface area contributed by atoms with Gasteiger partial charge < -0.3 is 10.6 Å². The molecule has 0 radical (unpaired) electrons. The summed E-state index contributed by atoms with van der Waals surface area (Å²) >= 11 is 6.01. The second kappa shape index (κ2) is 7.09. The number of para-hydroxylation sites is 1. The van der Waals surface area contributed by atoms with Crippen molar-refractivity contribution in [2.75, 3.05) is 18.4 Å². The quantitative estimate of drug-likeness (QED) is 0.866. The van der Waals surface area contributed by atoms with E-state index in [-0.39, 0.29) is 5.91 Å². The molecular weight excluding hydrogens is 272 g/mol. The highest BCUT2D eigenvalue weighted by atomic mass is 35.5. The van der Waals surface area contributed by atoms with E-state index in [1.165, 1.54) is 32.1 Å². The van der Waals surface area contributed by atoms with Gasteiger partial charge in [0.05, 0.1) is 17.3 Å². The van der Waals surface area contributed by atoms with Gasteiger partial charge in [-0.15, -0.1) is 0 Å². The first-order valence-corrected chi connectivity index (χ1v) is 7.72.